The second-order valence-corrected chi connectivity index (χ2v) is 6.00. The molecule has 0 radical (unpaired) electrons. The number of likely N-dealkylation sites (tertiary alicyclic amines) is 1. The number of hydrogen-bond donors (Lipinski definition) is 4. The van der Waals surface area contributed by atoms with Crippen LogP contribution in [0.5, 0.6) is 0 Å². The van der Waals surface area contributed by atoms with E-state index in [1.807, 2.05) is 0 Å². The number of anilines is 1. The molecule has 0 spiro atoms. The molecule has 0 atom stereocenters. The summed E-state index contributed by atoms with van der Waals surface area (Å²) in [4.78, 5) is 36.3. The molecule has 1 saturated heterocycles. The number of nitrogens with two attached hydrogens (primary N) is 1. The number of rotatable bonds is 7. The van der Waals surface area contributed by atoms with Crippen molar-refractivity contribution in [1.82, 2.24) is 4.90 Å². The molecule has 0 bridgehead atoms. The second kappa shape index (κ2) is 8.95. The Morgan fingerprint density at radius 2 is 1.85 bits per heavy atom. The Balaban J connectivity index is 1.76. The average molecular weight is 362 g/mol. The standard InChI is InChI=1S/C17H22N4O5/c18-17(19)11-1-3-12(4-2-11)20-14(22)9-15(23)21-7-5-13(6-8-21)26-10-16(24)25/h1-4,13H,5-10H2,(H3,18,19)(H,20,22)(H,24,25). The number of nitrogen functional groups attached to an aromatic ring is 1. The van der Waals surface area contributed by atoms with Crippen molar-refractivity contribution in [3.8, 4) is 0 Å². The molecule has 1 aromatic rings. The van der Waals surface area contributed by atoms with Gasteiger partial charge in [-0.1, -0.05) is 0 Å². The van der Waals surface area contributed by atoms with Gasteiger partial charge in [0, 0.05) is 24.3 Å². The summed E-state index contributed by atoms with van der Waals surface area (Å²) in [6.45, 7) is 0.525. The molecule has 5 N–H and O–H groups in total. The highest BCUT2D eigenvalue weighted by Gasteiger charge is 2.25. The van der Waals surface area contributed by atoms with Gasteiger partial charge in [-0.05, 0) is 37.1 Å². The second-order valence-electron chi connectivity index (χ2n) is 6.00. The zero-order valence-corrected chi connectivity index (χ0v) is 14.2. The SMILES string of the molecule is N=C(N)c1ccc(NC(=O)CC(=O)N2CCC(OCC(=O)O)CC2)cc1. The molecular weight excluding hydrogens is 340 g/mol. The highest BCUT2D eigenvalue weighted by atomic mass is 16.5. The quantitative estimate of drug-likeness (QED) is 0.313. The third-order valence-electron chi connectivity index (χ3n) is 4.03. The molecule has 1 fully saturated rings. The Kier molecular flexibility index (Phi) is 6.67. The van der Waals surface area contributed by atoms with Gasteiger partial charge < -0.3 is 25.8 Å². The number of nitrogens with zero attached hydrogens (tertiary/aromatic N) is 1. The van der Waals surface area contributed by atoms with Crippen LogP contribution in [0.1, 0.15) is 24.8 Å². The predicted octanol–water partition coefficient (Wildman–Crippen LogP) is 0.391. The van der Waals surface area contributed by atoms with Crippen LogP contribution in [0.25, 0.3) is 0 Å². The van der Waals surface area contributed by atoms with Crippen LogP contribution in [0.4, 0.5) is 5.69 Å². The minimum Gasteiger partial charge on any atom is -0.480 e. The van der Waals surface area contributed by atoms with E-state index in [-0.39, 0.29) is 30.9 Å². The Morgan fingerprint density at radius 1 is 1.23 bits per heavy atom. The number of amidine groups is 1. The Labute approximate surface area is 150 Å². The summed E-state index contributed by atoms with van der Waals surface area (Å²) in [7, 11) is 0. The summed E-state index contributed by atoms with van der Waals surface area (Å²) in [6.07, 6.45) is 0.652. The monoisotopic (exact) mass is 362 g/mol. The van der Waals surface area contributed by atoms with Crippen LogP contribution in [-0.2, 0) is 19.1 Å². The van der Waals surface area contributed by atoms with Crippen molar-refractivity contribution >= 4 is 29.3 Å². The molecule has 9 nitrogen and oxygen atoms in total. The van der Waals surface area contributed by atoms with E-state index < -0.39 is 11.9 Å². The molecule has 9 heteroatoms. The highest BCUT2D eigenvalue weighted by molar-refractivity contribution is 6.04. The number of aliphatic carboxylic acids is 1. The number of carboxylic acids is 1. The van der Waals surface area contributed by atoms with Gasteiger partial charge in [-0.3, -0.25) is 15.0 Å². The maximum Gasteiger partial charge on any atom is 0.329 e. The maximum atomic E-state index is 12.2. The van der Waals surface area contributed by atoms with Gasteiger partial charge in [0.15, 0.2) is 0 Å². The van der Waals surface area contributed by atoms with Gasteiger partial charge >= 0.3 is 5.97 Å². The number of carbonyl (C=O) groups is 3. The summed E-state index contributed by atoms with van der Waals surface area (Å²) in [6, 6.07) is 6.46. The summed E-state index contributed by atoms with van der Waals surface area (Å²) >= 11 is 0. The minimum atomic E-state index is -1.02. The molecule has 1 aliphatic heterocycles. The largest absolute Gasteiger partial charge is 0.480 e. The zero-order valence-electron chi connectivity index (χ0n) is 14.2. The van der Waals surface area contributed by atoms with Crippen molar-refractivity contribution in [3.05, 3.63) is 29.8 Å². The van der Waals surface area contributed by atoms with E-state index >= 15 is 0 Å². The minimum absolute atomic E-state index is 0.0613. The molecule has 2 amide bonds. The van der Waals surface area contributed by atoms with E-state index in [4.69, 9.17) is 21.0 Å². The molecule has 140 valence electrons. The molecule has 0 aromatic heterocycles. The first-order chi connectivity index (χ1) is 12.3. The Bertz CT molecular complexity index is 681. The zero-order chi connectivity index (χ0) is 19.1. The van der Waals surface area contributed by atoms with E-state index in [0.717, 1.165) is 0 Å². The van der Waals surface area contributed by atoms with Gasteiger partial charge in [-0.15, -0.1) is 0 Å². The fourth-order valence-corrected chi connectivity index (χ4v) is 2.65. The summed E-state index contributed by atoms with van der Waals surface area (Å²) < 4.78 is 5.22. The number of nitrogens with one attached hydrogen (secondary N) is 2. The number of ether oxygens (including phenoxy) is 1. The van der Waals surface area contributed by atoms with Crippen molar-refractivity contribution < 1.29 is 24.2 Å². The first kappa shape index (κ1) is 19.4. The van der Waals surface area contributed by atoms with E-state index in [1.165, 1.54) is 0 Å². The van der Waals surface area contributed by atoms with Gasteiger partial charge in [-0.2, -0.15) is 0 Å². The van der Waals surface area contributed by atoms with Crippen LogP contribution in [0, 0.1) is 5.41 Å². The van der Waals surface area contributed by atoms with E-state index in [0.29, 0.717) is 37.2 Å². The first-order valence-electron chi connectivity index (χ1n) is 8.20. The number of piperidine rings is 1. The molecule has 0 saturated carbocycles. The van der Waals surface area contributed by atoms with Crippen molar-refractivity contribution in [1.29, 1.82) is 5.41 Å². The lowest BCUT2D eigenvalue weighted by atomic mass is 10.1. The number of carbonyl (C=O) groups excluding carboxylic acids is 2. The van der Waals surface area contributed by atoms with Crippen molar-refractivity contribution in [2.24, 2.45) is 5.73 Å². The average Bonchev–Trinajstić information content (AvgIpc) is 2.60. The number of benzene rings is 1. The van der Waals surface area contributed by atoms with Crippen molar-refractivity contribution in [2.75, 3.05) is 25.0 Å². The Morgan fingerprint density at radius 3 is 2.38 bits per heavy atom. The lowest BCUT2D eigenvalue weighted by molar-refractivity contribution is -0.147. The lowest BCUT2D eigenvalue weighted by Gasteiger charge is -2.31. The van der Waals surface area contributed by atoms with Gasteiger partial charge in [0.25, 0.3) is 0 Å². The van der Waals surface area contributed by atoms with Crippen molar-refractivity contribution in [2.45, 2.75) is 25.4 Å². The molecule has 2 rings (SSSR count). The normalized spacial score (nSPS) is 14.7. The lowest BCUT2D eigenvalue weighted by Crippen LogP contribution is -2.42. The van der Waals surface area contributed by atoms with Crippen LogP contribution in [-0.4, -0.2) is 59.4 Å². The van der Waals surface area contributed by atoms with Crippen LogP contribution in [0.3, 0.4) is 0 Å². The smallest absolute Gasteiger partial charge is 0.329 e. The van der Waals surface area contributed by atoms with Crippen LogP contribution in [0.2, 0.25) is 0 Å². The van der Waals surface area contributed by atoms with E-state index in [9.17, 15) is 14.4 Å². The van der Waals surface area contributed by atoms with Crippen LogP contribution < -0.4 is 11.1 Å². The summed E-state index contributed by atoms with van der Waals surface area (Å²) in [5.74, 6) is -1.78. The van der Waals surface area contributed by atoms with Gasteiger partial charge in [-0.25, -0.2) is 4.79 Å². The van der Waals surface area contributed by atoms with Gasteiger partial charge in [0.05, 0.1) is 6.10 Å². The number of amides is 2. The van der Waals surface area contributed by atoms with Crippen LogP contribution in [0.15, 0.2) is 24.3 Å². The topological polar surface area (TPSA) is 146 Å². The predicted molar refractivity (Wildman–Crippen MR) is 93.9 cm³/mol. The Hall–Kier alpha value is -2.94. The van der Waals surface area contributed by atoms with Crippen molar-refractivity contribution in [3.63, 3.8) is 0 Å². The number of carboxylic acid groups (broad SMARTS) is 1. The molecular formula is C17H22N4O5. The van der Waals surface area contributed by atoms with Crippen LogP contribution >= 0.6 is 0 Å². The molecule has 1 aliphatic rings. The molecule has 0 unspecified atom stereocenters. The van der Waals surface area contributed by atoms with Gasteiger partial charge in [0.2, 0.25) is 11.8 Å². The fourth-order valence-electron chi connectivity index (χ4n) is 2.65. The van der Waals surface area contributed by atoms with E-state index in [2.05, 4.69) is 5.32 Å². The third-order valence-corrected chi connectivity index (χ3v) is 4.03. The summed E-state index contributed by atoms with van der Waals surface area (Å²) in [5.41, 5.74) is 6.43. The van der Waals surface area contributed by atoms with E-state index in [1.54, 1.807) is 29.2 Å². The number of hydrogen-bond acceptors (Lipinski definition) is 5. The fraction of sp³-hybridized carbons (Fsp3) is 0.412. The molecule has 26 heavy (non-hydrogen) atoms. The molecule has 1 heterocycles. The third kappa shape index (κ3) is 5.85. The molecule has 0 aliphatic carbocycles. The highest BCUT2D eigenvalue weighted by Crippen LogP contribution is 2.15. The first-order valence-corrected chi connectivity index (χ1v) is 8.20. The summed E-state index contributed by atoms with van der Waals surface area (Å²) in [5, 5.41) is 18.5. The maximum absolute atomic E-state index is 12.2. The van der Waals surface area contributed by atoms with Gasteiger partial charge in [0.1, 0.15) is 18.9 Å². The molecule has 1 aromatic carbocycles.